The number of nitrogens with one attached hydrogen (secondary N) is 1. The standard InChI is InChI=1S/C24H17BrN4O2/c25-19-9-10-23(30)21(11-19)24(31)28-27-13-18-15-29(22-8-4-3-7-20(18)22)14-17-6-2-1-5-16(17)12-26/h1-11,13,15,30H,14H2,(H,28,31)/b27-13+. The van der Waals surface area contributed by atoms with Gasteiger partial charge in [-0.05, 0) is 35.9 Å². The van der Waals surface area contributed by atoms with Crippen molar-refractivity contribution in [2.45, 2.75) is 6.54 Å². The van der Waals surface area contributed by atoms with Gasteiger partial charge in [0.2, 0.25) is 0 Å². The van der Waals surface area contributed by atoms with E-state index in [-0.39, 0.29) is 11.3 Å². The van der Waals surface area contributed by atoms with Crippen molar-refractivity contribution in [2.75, 3.05) is 0 Å². The molecule has 6 nitrogen and oxygen atoms in total. The van der Waals surface area contributed by atoms with Gasteiger partial charge in [0, 0.05) is 33.7 Å². The van der Waals surface area contributed by atoms with E-state index in [1.165, 1.54) is 12.1 Å². The fourth-order valence-corrected chi connectivity index (χ4v) is 3.73. The molecule has 0 fully saturated rings. The number of nitriles is 1. The van der Waals surface area contributed by atoms with Gasteiger partial charge in [0.1, 0.15) is 5.75 Å². The molecule has 0 aliphatic heterocycles. The second-order valence-electron chi connectivity index (χ2n) is 6.86. The first-order valence-corrected chi connectivity index (χ1v) is 10.2. The summed E-state index contributed by atoms with van der Waals surface area (Å²) in [4.78, 5) is 12.3. The van der Waals surface area contributed by atoms with Gasteiger partial charge in [-0.2, -0.15) is 10.4 Å². The highest BCUT2D eigenvalue weighted by atomic mass is 79.9. The fraction of sp³-hybridized carbons (Fsp3) is 0.0417. The Labute approximate surface area is 187 Å². The molecule has 1 amide bonds. The Hall–Kier alpha value is -3.89. The van der Waals surface area contributed by atoms with Crippen molar-refractivity contribution in [3.63, 3.8) is 0 Å². The molecule has 0 bridgehead atoms. The third-order valence-electron chi connectivity index (χ3n) is 4.87. The molecule has 0 saturated heterocycles. The number of fused-ring (bicyclic) bond motifs is 1. The van der Waals surface area contributed by atoms with Crippen LogP contribution in [0.1, 0.15) is 27.0 Å². The zero-order valence-corrected chi connectivity index (χ0v) is 17.9. The van der Waals surface area contributed by atoms with E-state index in [4.69, 9.17) is 0 Å². The van der Waals surface area contributed by atoms with Crippen LogP contribution in [0.4, 0.5) is 0 Å². The van der Waals surface area contributed by atoms with Crippen LogP contribution in [0.25, 0.3) is 10.9 Å². The van der Waals surface area contributed by atoms with Gasteiger partial charge < -0.3 is 9.67 Å². The third-order valence-corrected chi connectivity index (χ3v) is 5.36. The zero-order chi connectivity index (χ0) is 21.8. The summed E-state index contributed by atoms with van der Waals surface area (Å²) in [5, 5.41) is 24.3. The molecule has 0 aliphatic rings. The Morgan fingerprint density at radius 3 is 2.77 bits per heavy atom. The molecule has 0 atom stereocenters. The first-order valence-electron chi connectivity index (χ1n) is 9.44. The van der Waals surface area contributed by atoms with Crippen LogP contribution < -0.4 is 5.43 Å². The number of aromatic nitrogens is 1. The molecule has 31 heavy (non-hydrogen) atoms. The summed E-state index contributed by atoms with van der Waals surface area (Å²) in [6.45, 7) is 0.538. The van der Waals surface area contributed by atoms with Crippen LogP contribution >= 0.6 is 15.9 Å². The van der Waals surface area contributed by atoms with Gasteiger partial charge in [-0.15, -0.1) is 0 Å². The second kappa shape index (κ2) is 8.86. The van der Waals surface area contributed by atoms with Crippen LogP contribution in [0.3, 0.4) is 0 Å². The number of carbonyl (C=O) groups is 1. The lowest BCUT2D eigenvalue weighted by atomic mass is 10.1. The third kappa shape index (κ3) is 4.34. The number of benzene rings is 3. The van der Waals surface area contributed by atoms with Gasteiger partial charge in [0.05, 0.1) is 23.4 Å². The van der Waals surface area contributed by atoms with Crippen LogP contribution in [0.2, 0.25) is 0 Å². The summed E-state index contributed by atoms with van der Waals surface area (Å²) < 4.78 is 2.73. The maximum atomic E-state index is 12.3. The van der Waals surface area contributed by atoms with Gasteiger partial charge in [-0.25, -0.2) is 5.43 Å². The number of halogens is 1. The summed E-state index contributed by atoms with van der Waals surface area (Å²) in [7, 11) is 0. The maximum Gasteiger partial charge on any atom is 0.275 e. The molecule has 0 radical (unpaired) electrons. The zero-order valence-electron chi connectivity index (χ0n) is 16.3. The molecule has 0 unspecified atom stereocenters. The van der Waals surface area contributed by atoms with Gasteiger partial charge in [0.25, 0.3) is 5.91 Å². The Balaban J connectivity index is 1.61. The molecule has 0 spiro atoms. The predicted octanol–water partition coefficient (Wildman–Crippen LogP) is 4.79. The minimum absolute atomic E-state index is 0.122. The molecule has 2 N–H and O–H groups in total. The number of hydrogen-bond acceptors (Lipinski definition) is 4. The number of carbonyl (C=O) groups excluding carboxylic acids is 1. The number of para-hydroxylation sites is 1. The SMILES string of the molecule is N#Cc1ccccc1Cn1cc(/C=N/NC(=O)c2cc(Br)ccc2O)c2ccccc21. The highest BCUT2D eigenvalue weighted by molar-refractivity contribution is 9.10. The Morgan fingerprint density at radius 2 is 1.94 bits per heavy atom. The summed E-state index contributed by atoms with van der Waals surface area (Å²) in [6, 6.07) is 22.2. The average molecular weight is 473 g/mol. The van der Waals surface area contributed by atoms with E-state index in [1.54, 1.807) is 18.3 Å². The predicted molar refractivity (Wildman–Crippen MR) is 123 cm³/mol. The van der Waals surface area contributed by atoms with Gasteiger partial charge >= 0.3 is 0 Å². The van der Waals surface area contributed by atoms with E-state index >= 15 is 0 Å². The van der Waals surface area contributed by atoms with Crippen molar-refractivity contribution in [3.05, 3.63) is 99.7 Å². The molecule has 3 aromatic carbocycles. The molecule has 0 saturated carbocycles. The van der Waals surface area contributed by atoms with Crippen molar-refractivity contribution in [3.8, 4) is 11.8 Å². The summed E-state index contributed by atoms with van der Waals surface area (Å²) in [5.41, 5.74) is 5.96. The molecular weight excluding hydrogens is 456 g/mol. The molecule has 1 heterocycles. The fourth-order valence-electron chi connectivity index (χ4n) is 3.37. The lowest BCUT2D eigenvalue weighted by Crippen LogP contribution is -2.17. The summed E-state index contributed by atoms with van der Waals surface area (Å²) in [5.74, 6) is -0.634. The topological polar surface area (TPSA) is 90.4 Å². The number of hydrogen-bond donors (Lipinski definition) is 2. The number of rotatable bonds is 5. The van der Waals surface area contributed by atoms with Crippen molar-refractivity contribution in [1.82, 2.24) is 9.99 Å². The van der Waals surface area contributed by atoms with Crippen molar-refractivity contribution < 1.29 is 9.90 Å². The lowest BCUT2D eigenvalue weighted by Gasteiger charge is -2.07. The molecule has 152 valence electrons. The first kappa shape index (κ1) is 20.4. The number of phenols is 1. The highest BCUT2D eigenvalue weighted by Crippen LogP contribution is 2.23. The molecular formula is C24H17BrN4O2. The summed E-state index contributed by atoms with van der Waals surface area (Å²) in [6.07, 6.45) is 3.51. The monoisotopic (exact) mass is 472 g/mol. The number of phenolic OH excluding ortho intramolecular Hbond substituents is 1. The van der Waals surface area contributed by atoms with E-state index in [0.717, 1.165) is 22.0 Å². The van der Waals surface area contributed by atoms with Crippen LogP contribution in [-0.2, 0) is 6.54 Å². The van der Waals surface area contributed by atoms with Crippen LogP contribution in [0.5, 0.6) is 5.75 Å². The highest BCUT2D eigenvalue weighted by Gasteiger charge is 2.12. The van der Waals surface area contributed by atoms with E-state index in [1.807, 2.05) is 48.7 Å². The minimum atomic E-state index is -0.512. The number of hydrazone groups is 1. The second-order valence-corrected chi connectivity index (χ2v) is 7.77. The van der Waals surface area contributed by atoms with Crippen molar-refractivity contribution in [1.29, 1.82) is 5.26 Å². The minimum Gasteiger partial charge on any atom is -0.507 e. The molecule has 4 rings (SSSR count). The Kier molecular flexibility index (Phi) is 5.83. The lowest BCUT2D eigenvalue weighted by molar-refractivity contribution is 0.0952. The molecule has 4 aromatic rings. The van der Waals surface area contributed by atoms with Crippen molar-refractivity contribution in [2.24, 2.45) is 5.10 Å². The normalized spacial score (nSPS) is 11.0. The molecule has 7 heteroatoms. The van der Waals surface area contributed by atoms with E-state index in [0.29, 0.717) is 16.6 Å². The van der Waals surface area contributed by atoms with Gasteiger partial charge in [-0.1, -0.05) is 52.3 Å². The van der Waals surface area contributed by atoms with Crippen LogP contribution in [-0.4, -0.2) is 21.8 Å². The number of amides is 1. The van der Waals surface area contributed by atoms with Crippen molar-refractivity contribution >= 4 is 39.0 Å². The van der Waals surface area contributed by atoms with E-state index in [2.05, 4.69) is 37.1 Å². The van der Waals surface area contributed by atoms with E-state index < -0.39 is 5.91 Å². The number of nitrogens with zero attached hydrogens (tertiary/aromatic N) is 3. The molecule has 1 aromatic heterocycles. The largest absolute Gasteiger partial charge is 0.507 e. The average Bonchev–Trinajstić information content (AvgIpc) is 3.13. The Bertz CT molecular complexity index is 1350. The van der Waals surface area contributed by atoms with Gasteiger partial charge in [0.15, 0.2) is 0 Å². The first-order chi connectivity index (χ1) is 15.1. The van der Waals surface area contributed by atoms with Gasteiger partial charge in [-0.3, -0.25) is 4.79 Å². The molecule has 0 aliphatic carbocycles. The maximum absolute atomic E-state index is 12.3. The number of aromatic hydroxyl groups is 1. The Morgan fingerprint density at radius 1 is 1.16 bits per heavy atom. The van der Waals surface area contributed by atoms with Crippen LogP contribution in [0, 0.1) is 11.3 Å². The quantitative estimate of drug-likeness (QED) is 0.323. The van der Waals surface area contributed by atoms with Crippen LogP contribution in [0.15, 0.2) is 82.5 Å². The summed E-state index contributed by atoms with van der Waals surface area (Å²) >= 11 is 3.28. The smallest absolute Gasteiger partial charge is 0.275 e. The van der Waals surface area contributed by atoms with E-state index in [9.17, 15) is 15.2 Å².